The Morgan fingerprint density at radius 2 is 1.83 bits per heavy atom. The van der Waals surface area contributed by atoms with Gasteiger partial charge in [-0.2, -0.15) is 4.31 Å². The second-order valence-corrected chi connectivity index (χ2v) is 11.2. The van der Waals surface area contributed by atoms with Crippen molar-refractivity contribution in [2.75, 3.05) is 33.5 Å². The summed E-state index contributed by atoms with van der Waals surface area (Å²) in [5.74, 6) is -0.308. The van der Waals surface area contributed by atoms with E-state index in [4.69, 9.17) is 18.9 Å². The van der Waals surface area contributed by atoms with E-state index in [9.17, 15) is 18.0 Å². The molecule has 3 aliphatic rings. The van der Waals surface area contributed by atoms with Crippen molar-refractivity contribution < 1.29 is 37.0 Å². The first-order valence-electron chi connectivity index (χ1n) is 12.6. The van der Waals surface area contributed by atoms with Crippen LogP contribution in [0, 0.1) is 0 Å². The van der Waals surface area contributed by atoms with E-state index in [1.165, 1.54) is 30.7 Å². The van der Waals surface area contributed by atoms with Gasteiger partial charge in [0, 0.05) is 25.8 Å². The molecule has 12 heteroatoms. The van der Waals surface area contributed by atoms with Crippen molar-refractivity contribution >= 4 is 22.1 Å². The van der Waals surface area contributed by atoms with E-state index in [2.05, 4.69) is 4.98 Å². The second-order valence-electron chi connectivity index (χ2n) is 9.29. The van der Waals surface area contributed by atoms with Gasteiger partial charge in [0.1, 0.15) is 23.6 Å². The molecule has 0 unspecified atom stereocenters. The number of piperazine rings is 1. The van der Waals surface area contributed by atoms with E-state index in [1.54, 1.807) is 13.0 Å². The number of carbonyl (C=O) groups excluding carboxylic acids is 2. The molecule has 0 spiro atoms. The molecule has 0 radical (unpaired) electrons. The highest BCUT2D eigenvalue weighted by atomic mass is 32.2. The van der Waals surface area contributed by atoms with Crippen molar-refractivity contribution in [3.63, 3.8) is 0 Å². The Balaban J connectivity index is 1.55. The molecule has 2 bridgehead atoms. The first-order valence-corrected chi connectivity index (χ1v) is 14.1. The van der Waals surface area contributed by atoms with Gasteiger partial charge in [0.05, 0.1) is 25.5 Å². The van der Waals surface area contributed by atoms with Crippen LogP contribution in [0.3, 0.4) is 0 Å². The Kier molecular flexibility index (Phi) is 8.68. The smallest absolute Gasteiger partial charge is 0.410 e. The minimum absolute atomic E-state index is 0.0386. The number of aromatic nitrogens is 1. The third-order valence-corrected chi connectivity index (χ3v) is 8.85. The van der Waals surface area contributed by atoms with Gasteiger partial charge < -0.3 is 18.9 Å². The van der Waals surface area contributed by atoms with Crippen molar-refractivity contribution in [2.24, 2.45) is 0 Å². The fourth-order valence-electron chi connectivity index (χ4n) is 5.31. The van der Waals surface area contributed by atoms with E-state index >= 15 is 0 Å². The molecule has 4 rings (SSSR count). The van der Waals surface area contributed by atoms with Crippen molar-refractivity contribution in [1.82, 2.24) is 14.2 Å². The molecule has 1 aliphatic carbocycles. The van der Waals surface area contributed by atoms with Gasteiger partial charge >= 0.3 is 12.1 Å². The van der Waals surface area contributed by atoms with Crippen LogP contribution in [0.15, 0.2) is 23.2 Å². The summed E-state index contributed by atoms with van der Waals surface area (Å²) in [4.78, 5) is 31.5. The van der Waals surface area contributed by atoms with Crippen LogP contribution in [0.5, 0.6) is 5.88 Å². The third-order valence-electron chi connectivity index (χ3n) is 7.02. The molecule has 3 heterocycles. The Morgan fingerprint density at radius 1 is 1.06 bits per heavy atom. The number of carbonyl (C=O) groups is 2. The zero-order valence-electron chi connectivity index (χ0n) is 20.8. The van der Waals surface area contributed by atoms with Gasteiger partial charge in [-0.1, -0.05) is 6.42 Å². The molecule has 0 aromatic carbocycles. The summed E-state index contributed by atoms with van der Waals surface area (Å²) in [5, 5.41) is 0. The molecule has 36 heavy (non-hydrogen) atoms. The lowest BCUT2D eigenvalue weighted by atomic mass is 9.98. The van der Waals surface area contributed by atoms with Gasteiger partial charge in [-0.3, -0.25) is 9.69 Å². The molecule has 3 atom stereocenters. The molecular weight excluding hydrogens is 490 g/mol. The van der Waals surface area contributed by atoms with Gasteiger partial charge in [-0.15, -0.1) is 0 Å². The zero-order valence-corrected chi connectivity index (χ0v) is 21.7. The topological polar surface area (TPSA) is 125 Å². The molecule has 11 nitrogen and oxygen atoms in total. The highest BCUT2D eigenvalue weighted by molar-refractivity contribution is 7.89. The van der Waals surface area contributed by atoms with Crippen LogP contribution in [0.2, 0.25) is 0 Å². The Bertz CT molecular complexity index is 1010. The van der Waals surface area contributed by atoms with Crippen molar-refractivity contribution in [1.29, 1.82) is 0 Å². The molecule has 1 aromatic rings. The first-order chi connectivity index (χ1) is 17.4. The van der Waals surface area contributed by atoms with Crippen LogP contribution in [-0.4, -0.2) is 92.4 Å². The van der Waals surface area contributed by atoms with Crippen LogP contribution < -0.4 is 4.74 Å². The average molecular weight is 526 g/mol. The Hall–Kier alpha value is -2.44. The average Bonchev–Trinajstić information content (AvgIpc) is 3.18. The predicted molar refractivity (Wildman–Crippen MR) is 128 cm³/mol. The number of sulfonamides is 1. The van der Waals surface area contributed by atoms with Crippen LogP contribution in [0.25, 0.3) is 0 Å². The van der Waals surface area contributed by atoms with E-state index in [1.807, 2.05) is 0 Å². The summed E-state index contributed by atoms with van der Waals surface area (Å²) in [6.45, 7) is 2.01. The monoisotopic (exact) mass is 525 g/mol. The van der Waals surface area contributed by atoms with Gasteiger partial charge in [-0.25, -0.2) is 18.2 Å². The number of nitrogens with zero attached hydrogens (tertiary/aromatic N) is 3. The minimum atomic E-state index is -4.10. The maximum absolute atomic E-state index is 13.7. The fourth-order valence-corrected chi connectivity index (χ4v) is 6.90. The number of methoxy groups -OCH3 is 1. The standard InChI is InChI=1S/C24H35N3O8S/c1-3-33-23(28)22-20-11-9-17(27(20)24(29)34-14-13-32-2)16-26(22)36(30,31)19-10-12-21(25-15-19)35-18-7-5-4-6-8-18/h10,12,15,17-18,20,22H,3-9,11,13-14,16H2,1-2H3/t17-,20+,22+/m1/s1. The number of ether oxygens (including phenoxy) is 4. The number of amides is 1. The number of rotatable bonds is 9. The molecule has 0 N–H and O–H groups in total. The van der Waals surface area contributed by atoms with E-state index in [-0.39, 0.29) is 37.4 Å². The molecule has 2 aliphatic heterocycles. The zero-order chi connectivity index (χ0) is 25.7. The highest BCUT2D eigenvalue weighted by Crippen LogP contribution is 2.38. The summed E-state index contributed by atoms with van der Waals surface area (Å²) in [5.41, 5.74) is 0. The van der Waals surface area contributed by atoms with Crippen LogP contribution in [-0.2, 0) is 29.0 Å². The Labute approximate surface area is 212 Å². The summed E-state index contributed by atoms with van der Waals surface area (Å²) >= 11 is 0. The number of esters is 1. The molecule has 1 saturated carbocycles. The number of hydrogen-bond donors (Lipinski definition) is 0. The molecule has 1 amide bonds. The Morgan fingerprint density at radius 3 is 2.50 bits per heavy atom. The number of fused-ring (bicyclic) bond motifs is 2. The fraction of sp³-hybridized carbons (Fsp3) is 0.708. The van der Waals surface area contributed by atoms with Gasteiger partial charge in [0.2, 0.25) is 15.9 Å². The van der Waals surface area contributed by atoms with Crippen molar-refractivity contribution in [2.45, 2.75) is 81.0 Å². The van der Waals surface area contributed by atoms with Gasteiger partial charge in [0.15, 0.2) is 0 Å². The summed E-state index contributed by atoms with van der Waals surface area (Å²) in [7, 11) is -2.60. The molecule has 2 saturated heterocycles. The normalized spacial score (nSPS) is 24.9. The first kappa shape index (κ1) is 26.6. The summed E-state index contributed by atoms with van der Waals surface area (Å²) in [6.07, 6.45) is 7.14. The summed E-state index contributed by atoms with van der Waals surface area (Å²) < 4.78 is 49.9. The number of hydrogen-bond acceptors (Lipinski definition) is 9. The minimum Gasteiger partial charge on any atom is -0.474 e. The van der Waals surface area contributed by atoms with Crippen molar-refractivity contribution in [3.8, 4) is 5.88 Å². The predicted octanol–water partition coefficient (Wildman–Crippen LogP) is 2.35. The molecular formula is C24H35N3O8S. The van der Waals surface area contributed by atoms with E-state index < -0.39 is 40.2 Å². The van der Waals surface area contributed by atoms with Crippen LogP contribution in [0.4, 0.5) is 4.79 Å². The van der Waals surface area contributed by atoms with Crippen molar-refractivity contribution in [3.05, 3.63) is 18.3 Å². The molecule has 1 aromatic heterocycles. The second kappa shape index (κ2) is 11.7. The van der Waals surface area contributed by atoms with Gasteiger partial charge in [0.25, 0.3) is 0 Å². The highest BCUT2D eigenvalue weighted by Gasteiger charge is 2.55. The maximum Gasteiger partial charge on any atom is 0.410 e. The SMILES string of the molecule is CCOC(=O)[C@@H]1[C@@H]2CC[C@H](CN1S(=O)(=O)c1ccc(OC3CCCCC3)nc1)N2C(=O)OCCOC. The number of pyridine rings is 1. The molecule has 3 fully saturated rings. The quantitative estimate of drug-likeness (QED) is 0.353. The van der Waals surface area contributed by atoms with Crippen LogP contribution in [0.1, 0.15) is 51.9 Å². The van der Waals surface area contributed by atoms with Gasteiger partial charge in [-0.05, 0) is 51.5 Å². The molecule has 200 valence electrons. The third kappa shape index (κ3) is 5.60. The maximum atomic E-state index is 13.7. The lowest BCUT2D eigenvalue weighted by Crippen LogP contribution is -2.65. The lowest BCUT2D eigenvalue weighted by molar-refractivity contribution is -0.151. The summed E-state index contributed by atoms with van der Waals surface area (Å²) in [6, 6.07) is 0.734. The van der Waals surface area contributed by atoms with E-state index in [0.717, 1.165) is 30.0 Å². The lowest BCUT2D eigenvalue weighted by Gasteiger charge is -2.43. The van der Waals surface area contributed by atoms with E-state index in [0.29, 0.717) is 18.7 Å². The van der Waals surface area contributed by atoms with Crippen LogP contribution >= 0.6 is 0 Å². The largest absolute Gasteiger partial charge is 0.474 e.